The molecule has 154 valence electrons. The number of non-ortho nitro benzene ring substituents is 1. The third kappa shape index (κ3) is 5.53. The van der Waals surface area contributed by atoms with Crippen LogP contribution in [0.5, 0.6) is 0 Å². The molecule has 0 bridgehead atoms. The second-order valence-corrected chi connectivity index (χ2v) is 6.61. The quantitative estimate of drug-likeness (QED) is 0.214. The largest absolute Gasteiger partial charge is 0.383 e. The number of hydrogen-bond acceptors (Lipinski definition) is 6. The molecule has 1 fully saturated rings. The van der Waals surface area contributed by atoms with Crippen LogP contribution in [0.4, 0.5) is 21.6 Å². The summed E-state index contributed by atoms with van der Waals surface area (Å²) in [4.78, 5) is 20.5. The minimum atomic E-state index is -0.423. The smallest absolute Gasteiger partial charge is 0.269 e. The van der Waals surface area contributed by atoms with Crippen LogP contribution in [0.15, 0.2) is 47.6 Å². The van der Waals surface area contributed by atoms with Gasteiger partial charge in [0.2, 0.25) is 0 Å². The van der Waals surface area contributed by atoms with Gasteiger partial charge in [0.1, 0.15) is 0 Å². The number of hydrogen-bond donors (Lipinski definition) is 3. The van der Waals surface area contributed by atoms with Crippen LogP contribution in [0.1, 0.15) is 6.42 Å². The van der Waals surface area contributed by atoms with Gasteiger partial charge in [-0.3, -0.25) is 15.1 Å². The molecule has 0 saturated carbocycles. The van der Waals surface area contributed by atoms with Crippen LogP contribution >= 0.6 is 0 Å². The van der Waals surface area contributed by atoms with E-state index in [9.17, 15) is 14.5 Å². The number of benzene rings is 1. The lowest BCUT2D eigenvalue weighted by atomic mass is 10.3. The molecule has 10 heteroatoms. The van der Waals surface area contributed by atoms with Crippen LogP contribution in [-0.2, 0) is 0 Å². The molecule has 2 aromatic rings. The maximum Gasteiger partial charge on any atom is 0.269 e. The first-order chi connectivity index (χ1) is 14.1. The Balaban J connectivity index is 1.41. The maximum absolute atomic E-state index is 13.9. The van der Waals surface area contributed by atoms with Gasteiger partial charge >= 0.3 is 0 Å². The Hall–Kier alpha value is -3.43. The van der Waals surface area contributed by atoms with Crippen molar-refractivity contribution in [1.29, 1.82) is 0 Å². The second-order valence-electron chi connectivity index (χ2n) is 6.61. The fraction of sp³-hybridized carbons (Fsp3) is 0.368. The minimum Gasteiger partial charge on any atom is -0.383 e. The lowest BCUT2D eigenvalue weighted by Crippen LogP contribution is -2.45. The van der Waals surface area contributed by atoms with E-state index in [-0.39, 0.29) is 17.5 Å². The zero-order valence-corrected chi connectivity index (χ0v) is 16.1. The number of nitrogens with one attached hydrogen (secondary N) is 3. The molecule has 29 heavy (non-hydrogen) atoms. The van der Waals surface area contributed by atoms with Gasteiger partial charge < -0.3 is 20.9 Å². The van der Waals surface area contributed by atoms with Crippen LogP contribution in [0.3, 0.4) is 0 Å². The second kappa shape index (κ2) is 9.67. The van der Waals surface area contributed by atoms with Gasteiger partial charge in [-0.25, -0.2) is 9.37 Å². The van der Waals surface area contributed by atoms with Crippen molar-refractivity contribution in [2.75, 3.05) is 43.4 Å². The number of halogens is 1. The van der Waals surface area contributed by atoms with Crippen LogP contribution in [-0.4, -0.2) is 55.1 Å². The van der Waals surface area contributed by atoms with E-state index in [0.717, 1.165) is 18.7 Å². The standard InChI is InChI=1S/C19H24FN7O2/c1-21-19(24-11-10-22-14-4-6-16(7-5-14)27(28)29)25-15-8-12-26(13-15)18-17(20)3-2-9-23-18/h2-7,9,15,22H,8,10-13H2,1H3,(H2,21,24,25). The van der Waals surface area contributed by atoms with Crippen molar-refractivity contribution in [1.82, 2.24) is 15.6 Å². The van der Waals surface area contributed by atoms with Crippen LogP contribution in [0.25, 0.3) is 0 Å². The lowest BCUT2D eigenvalue weighted by molar-refractivity contribution is -0.384. The summed E-state index contributed by atoms with van der Waals surface area (Å²) in [5.41, 5.74) is 0.874. The number of guanidine groups is 1. The van der Waals surface area contributed by atoms with Gasteiger partial charge in [-0.15, -0.1) is 0 Å². The number of rotatable bonds is 7. The van der Waals surface area contributed by atoms with Crippen molar-refractivity contribution in [2.45, 2.75) is 12.5 Å². The predicted molar refractivity (Wildman–Crippen MR) is 111 cm³/mol. The summed E-state index contributed by atoms with van der Waals surface area (Å²) in [7, 11) is 1.70. The third-order valence-corrected chi connectivity index (χ3v) is 4.62. The molecule has 1 aromatic heterocycles. The number of nitro groups is 1. The fourth-order valence-corrected chi connectivity index (χ4v) is 3.16. The summed E-state index contributed by atoms with van der Waals surface area (Å²) < 4.78 is 13.9. The number of pyridine rings is 1. The molecule has 3 N–H and O–H groups in total. The van der Waals surface area contributed by atoms with Crippen molar-refractivity contribution in [3.8, 4) is 0 Å². The van der Waals surface area contributed by atoms with Crippen molar-refractivity contribution in [3.63, 3.8) is 0 Å². The molecule has 1 aromatic carbocycles. The average molecular weight is 401 g/mol. The zero-order chi connectivity index (χ0) is 20.6. The maximum atomic E-state index is 13.9. The molecule has 1 saturated heterocycles. The van der Waals surface area contributed by atoms with Crippen molar-refractivity contribution >= 4 is 23.2 Å². The molecule has 1 aliphatic rings. The van der Waals surface area contributed by atoms with Gasteiger partial charge in [0.05, 0.1) is 4.92 Å². The SMILES string of the molecule is CN=C(NCCNc1ccc([N+](=O)[O-])cc1)NC1CCN(c2ncccc2F)C1. The minimum absolute atomic E-state index is 0.0643. The Labute approximate surface area is 168 Å². The summed E-state index contributed by atoms with van der Waals surface area (Å²) in [5.74, 6) is 0.740. The number of nitro benzene ring substituents is 1. The molecule has 0 spiro atoms. The van der Waals surface area contributed by atoms with E-state index in [1.165, 1.54) is 18.2 Å². The van der Waals surface area contributed by atoms with Gasteiger partial charge in [-0.1, -0.05) is 0 Å². The first-order valence-electron chi connectivity index (χ1n) is 9.38. The summed E-state index contributed by atoms with van der Waals surface area (Å²) in [6.45, 7) is 2.61. The van der Waals surface area contributed by atoms with Gasteiger partial charge in [0.15, 0.2) is 17.6 Å². The number of aliphatic imine (C=N–C) groups is 1. The molecule has 9 nitrogen and oxygen atoms in total. The summed E-state index contributed by atoms with van der Waals surface area (Å²) in [5, 5.41) is 20.4. The molecule has 3 rings (SSSR count). The molecular formula is C19H24FN7O2. The van der Waals surface area contributed by atoms with E-state index in [1.54, 1.807) is 31.4 Å². The highest BCUT2D eigenvalue weighted by Crippen LogP contribution is 2.20. The van der Waals surface area contributed by atoms with Crippen LogP contribution < -0.4 is 20.9 Å². The van der Waals surface area contributed by atoms with Gasteiger partial charge in [0, 0.05) is 63.3 Å². The van der Waals surface area contributed by atoms with Crippen molar-refractivity contribution < 1.29 is 9.31 Å². The third-order valence-electron chi connectivity index (χ3n) is 4.62. The molecule has 0 radical (unpaired) electrons. The lowest BCUT2D eigenvalue weighted by Gasteiger charge is -2.20. The normalized spacial score (nSPS) is 16.6. The first kappa shape index (κ1) is 20.3. The summed E-state index contributed by atoms with van der Waals surface area (Å²) in [6.07, 6.45) is 2.45. The molecule has 1 unspecified atom stereocenters. The number of nitrogens with zero attached hydrogens (tertiary/aromatic N) is 4. The van der Waals surface area contributed by atoms with Crippen molar-refractivity contribution in [2.24, 2.45) is 4.99 Å². The number of anilines is 2. The Bertz CT molecular complexity index is 860. The highest BCUT2D eigenvalue weighted by Gasteiger charge is 2.25. The fourth-order valence-electron chi connectivity index (χ4n) is 3.16. The zero-order valence-electron chi connectivity index (χ0n) is 16.1. The predicted octanol–water partition coefficient (Wildman–Crippen LogP) is 1.98. The van der Waals surface area contributed by atoms with Crippen molar-refractivity contribution in [3.05, 3.63) is 58.5 Å². The average Bonchev–Trinajstić information content (AvgIpc) is 3.19. The molecule has 1 atom stereocenters. The molecule has 2 heterocycles. The van der Waals surface area contributed by atoms with E-state index in [0.29, 0.717) is 31.4 Å². The Morgan fingerprint density at radius 3 is 2.83 bits per heavy atom. The summed E-state index contributed by atoms with van der Waals surface area (Å²) >= 11 is 0. The molecule has 0 amide bonds. The Morgan fingerprint density at radius 2 is 2.14 bits per heavy atom. The Kier molecular flexibility index (Phi) is 6.77. The number of aromatic nitrogens is 1. The first-order valence-corrected chi connectivity index (χ1v) is 9.38. The van der Waals surface area contributed by atoms with Gasteiger partial charge in [0.25, 0.3) is 5.69 Å². The van der Waals surface area contributed by atoms with Crippen LogP contribution in [0, 0.1) is 15.9 Å². The Morgan fingerprint density at radius 1 is 1.34 bits per heavy atom. The topological polar surface area (TPSA) is 108 Å². The molecule has 1 aliphatic heterocycles. The van der Waals surface area contributed by atoms with E-state index >= 15 is 0 Å². The molecular weight excluding hydrogens is 377 g/mol. The highest BCUT2D eigenvalue weighted by atomic mass is 19.1. The van der Waals surface area contributed by atoms with Gasteiger partial charge in [-0.05, 0) is 30.7 Å². The van der Waals surface area contributed by atoms with E-state index in [1.807, 2.05) is 4.90 Å². The van der Waals surface area contributed by atoms with E-state index < -0.39 is 4.92 Å². The van der Waals surface area contributed by atoms with Gasteiger partial charge in [-0.2, -0.15) is 0 Å². The summed E-state index contributed by atoms with van der Waals surface area (Å²) in [6, 6.07) is 9.43. The van der Waals surface area contributed by atoms with E-state index in [2.05, 4.69) is 25.9 Å². The van der Waals surface area contributed by atoms with E-state index in [4.69, 9.17) is 0 Å². The molecule has 0 aliphatic carbocycles. The monoisotopic (exact) mass is 401 g/mol. The van der Waals surface area contributed by atoms with Crippen LogP contribution in [0.2, 0.25) is 0 Å². The highest BCUT2D eigenvalue weighted by molar-refractivity contribution is 5.80.